The summed E-state index contributed by atoms with van der Waals surface area (Å²) in [6.45, 7) is 9.10. The molecule has 0 radical (unpaired) electrons. The van der Waals surface area contributed by atoms with Gasteiger partial charge in [0.15, 0.2) is 0 Å². The summed E-state index contributed by atoms with van der Waals surface area (Å²) in [5.74, 6) is 0. The first-order valence-electron chi connectivity index (χ1n) is 15.1. The Morgan fingerprint density at radius 3 is 0.421 bits per heavy atom. The van der Waals surface area contributed by atoms with E-state index in [0.29, 0.717) is 0 Å². The molecular weight excluding hydrogens is 872 g/mol. The minimum Gasteiger partial charge on any atom is -0.744 e. The van der Waals surface area contributed by atoms with E-state index in [1.807, 2.05) is 34.6 Å². The van der Waals surface area contributed by atoms with Crippen LogP contribution in [0.15, 0.2) is 146 Å². The maximum Gasteiger partial charge on any atom is 3.00 e. The topological polar surface area (TPSA) is 286 Å². The van der Waals surface area contributed by atoms with E-state index in [2.05, 4.69) is 0 Å². The fourth-order valence-corrected chi connectivity index (χ4v) is 5.87. The van der Waals surface area contributed by atoms with E-state index in [1.165, 1.54) is 60.7 Å². The molecule has 5 aromatic carbocycles. The van der Waals surface area contributed by atoms with E-state index in [-0.39, 0.29) is 64.9 Å². The van der Waals surface area contributed by atoms with Crippen LogP contribution < -0.4 is 0 Å². The Kier molecular flexibility index (Phi) is 23.7. The van der Waals surface area contributed by atoms with Gasteiger partial charge in [-0.3, -0.25) is 0 Å². The van der Waals surface area contributed by atoms with Gasteiger partial charge >= 0.3 is 40.4 Å². The first kappa shape index (κ1) is 56.0. The molecule has 300 valence electrons. The molecule has 0 aliphatic heterocycles. The molecule has 0 aliphatic carbocycles. The van der Waals surface area contributed by atoms with Crippen molar-refractivity contribution < 1.29 is 64.9 Å². The molecule has 0 saturated heterocycles. The molecule has 0 aliphatic rings. The predicted molar refractivity (Wildman–Crippen MR) is 207 cm³/mol. The van der Waals surface area contributed by atoms with Crippen molar-refractivity contribution in [1.82, 2.24) is 0 Å². The van der Waals surface area contributed by atoms with Crippen LogP contribution in [-0.2, 0) is 50.6 Å². The first-order valence-corrected chi connectivity index (χ1v) is 22.2. The monoisotopic (exact) mass is 906 g/mol. The third kappa shape index (κ3) is 23.2. The molecule has 5 aromatic rings. The molecule has 0 amide bonds. The number of hydrogen-bond acceptors (Lipinski definition) is 15. The van der Waals surface area contributed by atoms with Crippen LogP contribution in [0.5, 0.6) is 0 Å². The van der Waals surface area contributed by atoms with Crippen molar-refractivity contribution in [1.29, 1.82) is 0 Å². The summed E-state index contributed by atoms with van der Waals surface area (Å²) < 4.78 is 156. The number of aryl methyl sites for hydroxylation is 5. The van der Waals surface area contributed by atoms with Crippen LogP contribution in [0.2, 0.25) is 0 Å². The minimum atomic E-state index is -4.27. The molecule has 0 saturated carbocycles. The van der Waals surface area contributed by atoms with E-state index >= 15 is 0 Å². The molecule has 0 unspecified atom stereocenters. The SMILES string of the molecule is Cc1ccc(S(=O)(=O)[O-])cc1.Cc1ccc(S(=O)(=O)[O-])cc1.Cc1ccc(S(=O)(=O)[O-])cc1.Cc1ccc(S(=O)(=O)[O-])cc1.Cc1ccc(S(=O)(=O)[O-])cc1.[Al+3].[Mg+2]. The van der Waals surface area contributed by atoms with Gasteiger partial charge in [0.05, 0.1) is 24.5 Å². The van der Waals surface area contributed by atoms with Gasteiger partial charge in [-0.1, -0.05) is 88.5 Å². The average molecular weight is 907 g/mol. The number of rotatable bonds is 5. The zero-order valence-corrected chi connectivity index (χ0v) is 37.6. The van der Waals surface area contributed by atoms with E-state index in [0.717, 1.165) is 27.8 Å². The molecular formula is C35H35AlMgO15S5. The Morgan fingerprint density at radius 1 is 0.263 bits per heavy atom. The van der Waals surface area contributed by atoms with Crippen molar-refractivity contribution in [2.24, 2.45) is 0 Å². The maximum atomic E-state index is 10.4. The number of benzene rings is 5. The summed E-state index contributed by atoms with van der Waals surface area (Å²) in [4.78, 5) is -0.888. The molecule has 5 rings (SSSR count). The van der Waals surface area contributed by atoms with Gasteiger partial charge in [0, 0.05) is 0 Å². The van der Waals surface area contributed by atoms with Crippen molar-refractivity contribution in [3.8, 4) is 0 Å². The van der Waals surface area contributed by atoms with Gasteiger partial charge < -0.3 is 22.8 Å². The van der Waals surface area contributed by atoms with Crippen LogP contribution in [0, 0.1) is 34.6 Å². The minimum absolute atomic E-state index is 0. The fourth-order valence-electron chi connectivity index (χ4n) is 3.52. The molecule has 15 nitrogen and oxygen atoms in total. The van der Waals surface area contributed by atoms with Crippen molar-refractivity contribution in [3.63, 3.8) is 0 Å². The zero-order valence-electron chi connectivity index (χ0n) is 31.0. The van der Waals surface area contributed by atoms with Crippen LogP contribution in [0.1, 0.15) is 27.8 Å². The molecule has 0 atom stereocenters. The van der Waals surface area contributed by atoms with Gasteiger partial charge in [0.25, 0.3) is 0 Å². The second kappa shape index (κ2) is 24.1. The molecule has 0 N–H and O–H groups in total. The second-order valence-corrected chi connectivity index (χ2v) is 18.2. The van der Waals surface area contributed by atoms with Crippen molar-refractivity contribution >= 4 is 91.0 Å². The van der Waals surface area contributed by atoms with Crippen LogP contribution in [0.4, 0.5) is 0 Å². The Labute approximate surface area is 361 Å². The van der Waals surface area contributed by atoms with Crippen molar-refractivity contribution in [2.45, 2.75) is 59.1 Å². The average Bonchev–Trinajstić information content (AvgIpc) is 3.05. The Morgan fingerprint density at radius 2 is 0.351 bits per heavy atom. The van der Waals surface area contributed by atoms with Gasteiger partial charge in [-0.25, -0.2) is 42.1 Å². The van der Waals surface area contributed by atoms with Crippen LogP contribution >= 0.6 is 0 Å². The first-order chi connectivity index (χ1) is 25.0. The summed E-state index contributed by atoms with van der Waals surface area (Å²) in [7, 11) is -21.3. The largest absolute Gasteiger partial charge is 3.00 e. The molecule has 57 heavy (non-hydrogen) atoms. The van der Waals surface area contributed by atoms with Gasteiger partial charge in [-0.05, 0) is 95.3 Å². The van der Waals surface area contributed by atoms with E-state index in [9.17, 15) is 64.9 Å². The van der Waals surface area contributed by atoms with E-state index in [4.69, 9.17) is 0 Å². The van der Waals surface area contributed by atoms with Crippen LogP contribution in [0.25, 0.3) is 0 Å². The van der Waals surface area contributed by atoms with Gasteiger partial charge in [0.2, 0.25) is 0 Å². The molecule has 22 heteroatoms. The van der Waals surface area contributed by atoms with Gasteiger partial charge in [-0.15, -0.1) is 0 Å². The van der Waals surface area contributed by atoms with Crippen LogP contribution in [-0.4, -0.2) is 105 Å². The summed E-state index contributed by atoms with van der Waals surface area (Å²) in [6.07, 6.45) is 0. The summed E-state index contributed by atoms with van der Waals surface area (Å²) >= 11 is 0. The summed E-state index contributed by atoms with van der Waals surface area (Å²) in [6, 6.07) is 28.9. The van der Waals surface area contributed by atoms with Gasteiger partial charge in [0.1, 0.15) is 50.6 Å². The second-order valence-electron chi connectivity index (χ2n) is 11.3. The smallest absolute Gasteiger partial charge is 0.744 e. The quantitative estimate of drug-likeness (QED) is 0.179. The van der Waals surface area contributed by atoms with E-state index in [1.54, 1.807) is 60.7 Å². The Balaban J connectivity index is 0. The molecule has 0 bridgehead atoms. The number of hydrogen-bond donors (Lipinski definition) is 0. The molecule has 0 heterocycles. The van der Waals surface area contributed by atoms with Crippen LogP contribution in [0.3, 0.4) is 0 Å². The third-order valence-electron chi connectivity index (χ3n) is 6.55. The standard InChI is InChI=1S/5C7H8O3S.Al.Mg/c5*1-6-2-4-7(5-3-6)11(8,9)10;;/h5*2-5H,1H3,(H,8,9,10);;/q;;;;;+3;+2/p-5. The fraction of sp³-hybridized carbons (Fsp3) is 0.143. The normalized spacial score (nSPS) is 11.1. The maximum absolute atomic E-state index is 10.4. The Bertz CT molecular complexity index is 2120. The van der Waals surface area contributed by atoms with Gasteiger partial charge in [-0.2, -0.15) is 0 Å². The van der Waals surface area contributed by atoms with E-state index < -0.39 is 50.6 Å². The zero-order chi connectivity index (χ0) is 42.4. The predicted octanol–water partition coefficient (Wildman–Crippen LogP) is 3.73. The Hall–Kier alpha value is -3.05. The molecule has 0 aromatic heterocycles. The molecule has 0 spiro atoms. The summed E-state index contributed by atoms with van der Waals surface area (Å²) in [5.41, 5.74) is 4.64. The third-order valence-corrected chi connectivity index (χ3v) is 10.8. The van der Waals surface area contributed by atoms with Crippen molar-refractivity contribution in [2.75, 3.05) is 0 Å². The summed E-state index contributed by atoms with van der Waals surface area (Å²) in [5, 5.41) is 0. The molecule has 0 fully saturated rings. The van der Waals surface area contributed by atoms with Crippen molar-refractivity contribution in [3.05, 3.63) is 149 Å².